The summed E-state index contributed by atoms with van der Waals surface area (Å²) < 4.78 is 4.29. The van der Waals surface area contributed by atoms with Crippen LogP contribution in [-0.4, -0.2) is 31.4 Å². The molecular weight excluding hydrogens is 443 g/mol. The standard InChI is InChI=1S/C19H19N5OS4/c1-2-24-16(11-28-19-21-14-7-3-4-8-15(14)29-19)22-23-18(24)27-12-17(25)20-10-13-6-5-9-26-13/h3-9H,2,10-12H2,1H3,(H,20,25). The minimum atomic E-state index is -0.000506. The first kappa shape index (κ1) is 20.4. The second-order valence-electron chi connectivity index (χ2n) is 6.02. The summed E-state index contributed by atoms with van der Waals surface area (Å²) in [4.78, 5) is 17.9. The highest BCUT2D eigenvalue weighted by molar-refractivity contribution is 8.00. The topological polar surface area (TPSA) is 72.7 Å². The molecule has 3 aromatic heterocycles. The number of hydrogen-bond donors (Lipinski definition) is 1. The van der Waals surface area contributed by atoms with E-state index < -0.39 is 0 Å². The molecule has 0 fully saturated rings. The number of nitrogens with zero attached hydrogens (tertiary/aromatic N) is 4. The van der Waals surface area contributed by atoms with Crippen LogP contribution in [0.2, 0.25) is 0 Å². The third kappa shape index (κ3) is 5.19. The Balaban J connectivity index is 1.32. The number of carbonyl (C=O) groups excluding carboxylic acids is 1. The molecule has 4 aromatic rings. The number of hydrogen-bond acceptors (Lipinski definition) is 8. The van der Waals surface area contributed by atoms with Crippen LogP contribution in [0.1, 0.15) is 17.6 Å². The number of carbonyl (C=O) groups is 1. The fourth-order valence-electron chi connectivity index (χ4n) is 2.67. The van der Waals surface area contributed by atoms with Gasteiger partial charge in [0.2, 0.25) is 5.91 Å². The number of benzene rings is 1. The van der Waals surface area contributed by atoms with Gasteiger partial charge in [-0.1, -0.05) is 41.7 Å². The molecule has 0 aliphatic rings. The van der Waals surface area contributed by atoms with Crippen molar-refractivity contribution in [3.05, 3.63) is 52.5 Å². The van der Waals surface area contributed by atoms with Gasteiger partial charge in [0.1, 0.15) is 5.82 Å². The number of fused-ring (bicyclic) bond motifs is 1. The van der Waals surface area contributed by atoms with Gasteiger partial charge in [-0.3, -0.25) is 4.79 Å². The molecule has 0 saturated carbocycles. The van der Waals surface area contributed by atoms with E-state index in [1.807, 2.05) is 35.7 Å². The molecule has 0 atom stereocenters. The lowest BCUT2D eigenvalue weighted by molar-refractivity contribution is -0.118. The third-order valence-corrected chi connectivity index (χ3v) is 8.10. The maximum atomic E-state index is 12.1. The second-order valence-corrected chi connectivity index (χ2v) is 10.3. The number of thiophene rings is 1. The molecule has 0 saturated heterocycles. The van der Waals surface area contributed by atoms with Crippen LogP contribution < -0.4 is 5.32 Å². The number of para-hydroxylation sites is 1. The highest BCUT2D eigenvalue weighted by atomic mass is 32.2. The molecule has 150 valence electrons. The van der Waals surface area contributed by atoms with Crippen molar-refractivity contribution < 1.29 is 4.79 Å². The molecule has 0 aliphatic heterocycles. The Labute approximate surface area is 185 Å². The van der Waals surface area contributed by atoms with E-state index in [0.29, 0.717) is 18.1 Å². The van der Waals surface area contributed by atoms with Crippen LogP contribution in [0, 0.1) is 0 Å². The van der Waals surface area contributed by atoms with Crippen LogP contribution in [0.4, 0.5) is 0 Å². The van der Waals surface area contributed by atoms with E-state index in [0.717, 1.165) is 32.3 Å². The zero-order chi connectivity index (χ0) is 20.1. The van der Waals surface area contributed by atoms with Gasteiger partial charge in [-0.25, -0.2) is 4.98 Å². The SMILES string of the molecule is CCn1c(CSc2nc3ccccc3s2)nnc1SCC(=O)NCc1cccs1. The summed E-state index contributed by atoms with van der Waals surface area (Å²) in [5.74, 6) is 1.93. The number of aromatic nitrogens is 4. The van der Waals surface area contributed by atoms with Crippen molar-refractivity contribution in [1.82, 2.24) is 25.1 Å². The van der Waals surface area contributed by atoms with Crippen molar-refractivity contribution in [2.45, 2.75) is 35.3 Å². The molecule has 1 N–H and O–H groups in total. The van der Waals surface area contributed by atoms with Gasteiger partial charge >= 0.3 is 0 Å². The molecule has 0 unspecified atom stereocenters. The summed E-state index contributed by atoms with van der Waals surface area (Å²) in [6.45, 7) is 3.40. The first-order valence-electron chi connectivity index (χ1n) is 9.05. The molecule has 0 spiro atoms. The second kappa shape index (κ2) is 9.75. The smallest absolute Gasteiger partial charge is 0.230 e. The third-order valence-electron chi connectivity index (χ3n) is 4.08. The molecular formula is C19H19N5OS4. The molecule has 10 heteroatoms. The van der Waals surface area contributed by atoms with Gasteiger partial charge in [0.25, 0.3) is 0 Å². The Morgan fingerprint density at radius 3 is 2.86 bits per heavy atom. The van der Waals surface area contributed by atoms with E-state index >= 15 is 0 Å². The quantitative estimate of drug-likeness (QED) is 0.365. The molecule has 3 heterocycles. The van der Waals surface area contributed by atoms with Crippen molar-refractivity contribution in [1.29, 1.82) is 0 Å². The number of amides is 1. The largest absolute Gasteiger partial charge is 0.350 e. The lowest BCUT2D eigenvalue weighted by Crippen LogP contribution is -2.24. The van der Waals surface area contributed by atoms with Gasteiger partial charge < -0.3 is 9.88 Å². The number of rotatable bonds is 9. The Morgan fingerprint density at radius 2 is 2.07 bits per heavy atom. The summed E-state index contributed by atoms with van der Waals surface area (Å²) in [5, 5.41) is 14.4. The van der Waals surface area contributed by atoms with Crippen LogP contribution in [0.15, 0.2) is 51.3 Å². The average molecular weight is 462 g/mol. The van der Waals surface area contributed by atoms with E-state index in [-0.39, 0.29) is 5.91 Å². The minimum Gasteiger partial charge on any atom is -0.350 e. The maximum Gasteiger partial charge on any atom is 0.230 e. The van der Waals surface area contributed by atoms with Gasteiger partial charge in [-0.15, -0.1) is 32.9 Å². The highest BCUT2D eigenvalue weighted by Crippen LogP contribution is 2.31. The zero-order valence-electron chi connectivity index (χ0n) is 15.7. The minimum absolute atomic E-state index is 0.000506. The fourth-order valence-corrected chi connectivity index (χ4v) is 6.17. The van der Waals surface area contributed by atoms with E-state index in [2.05, 4.69) is 38.1 Å². The Morgan fingerprint density at radius 1 is 1.17 bits per heavy atom. The van der Waals surface area contributed by atoms with Crippen LogP contribution in [0.25, 0.3) is 10.2 Å². The first-order valence-corrected chi connectivity index (χ1v) is 12.7. The van der Waals surface area contributed by atoms with Crippen molar-refractivity contribution in [3.8, 4) is 0 Å². The van der Waals surface area contributed by atoms with Crippen molar-refractivity contribution in [3.63, 3.8) is 0 Å². The van der Waals surface area contributed by atoms with E-state index in [9.17, 15) is 4.79 Å². The Kier molecular flexibility index (Phi) is 6.86. The monoisotopic (exact) mass is 461 g/mol. The Hall–Kier alpha value is -1.88. The van der Waals surface area contributed by atoms with E-state index in [4.69, 9.17) is 0 Å². The normalized spacial score (nSPS) is 11.2. The molecule has 0 bridgehead atoms. The molecule has 0 aliphatic carbocycles. The average Bonchev–Trinajstić information content (AvgIpc) is 3.48. The van der Waals surface area contributed by atoms with Crippen LogP contribution in [0.5, 0.6) is 0 Å². The molecule has 0 radical (unpaired) electrons. The van der Waals surface area contributed by atoms with Gasteiger partial charge in [0.05, 0.1) is 28.3 Å². The van der Waals surface area contributed by atoms with E-state index in [1.165, 1.54) is 16.5 Å². The molecule has 6 nitrogen and oxygen atoms in total. The molecule has 4 rings (SSSR count). The fraction of sp³-hybridized carbons (Fsp3) is 0.263. The zero-order valence-corrected chi connectivity index (χ0v) is 19.0. The predicted molar refractivity (Wildman–Crippen MR) is 122 cm³/mol. The maximum absolute atomic E-state index is 12.1. The van der Waals surface area contributed by atoms with Crippen LogP contribution >= 0.6 is 46.2 Å². The van der Waals surface area contributed by atoms with Crippen molar-refractivity contribution in [2.24, 2.45) is 0 Å². The lowest BCUT2D eigenvalue weighted by atomic mass is 10.3. The predicted octanol–water partition coefficient (Wildman–Crippen LogP) is 4.67. The first-order chi connectivity index (χ1) is 14.2. The van der Waals surface area contributed by atoms with Crippen molar-refractivity contribution in [2.75, 3.05) is 5.75 Å². The number of thiazole rings is 1. The molecule has 29 heavy (non-hydrogen) atoms. The van der Waals surface area contributed by atoms with Gasteiger partial charge in [0, 0.05) is 11.4 Å². The Bertz CT molecular complexity index is 1060. The molecule has 1 aromatic carbocycles. The summed E-state index contributed by atoms with van der Waals surface area (Å²) in [5.41, 5.74) is 1.03. The number of nitrogens with one attached hydrogen (secondary N) is 1. The molecule has 1 amide bonds. The highest BCUT2D eigenvalue weighted by Gasteiger charge is 2.14. The number of thioether (sulfide) groups is 2. The lowest BCUT2D eigenvalue weighted by Gasteiger charge is -2.07. The van der Waals surface area contributed by atoms with Crippen LogP contribution in [-0.2, 0) is 23.6 Å². The summed E-state index contributed by atoms with van der Waals surface area (Å²) in [6, 6.07) is 12.2. The van der Waals surface area contributed by atoms with Crippen LogP contribution in [0.3, 0.4) is 0 Å². The van der Waals surface area contributed by atoms with Gasteiger partial charge in [0.15, 0.2) is 9.50 Å². The summed E-state index contributed by atoms with van der Waals surface area (Å²) in [7, 11) is 0. The van der Waals surface area contributed by atoms with Crippen molar-refractivity contribution >= 4 is 62.3 Å². The van der Waals surface area contributed by atoms with E-state index in [1.54, 1.807) is 34.4 Å². The van der Waals surface area contributed by atoms with Gasteiger partial charge in [-0.2, -0.15) is 0 Å². The van der Waals surface area contributed by atoms with Gasteiger partial charge in [-0.05, 0) is 30.5 Å². The summed E-state index contributed by atoms with van der Waals surface area (Å²) in [6.07, 6.45) is 0. The summed E-state index contributed by atoms with van der Waals surface area (Å²) >= 11 is 6.42.